The van der Waals surface area contributed by atoms with Crippen LogP contribution in [0.15, 0.2) is 18.2 Å². The number of hydrogen-bond donors (Lipinski definition) is 1. The number of ether oxygens (including phenoxy) is 2. The summed E-state index contributed by atoms with van der Waals surface area (Å²) in [7, 11) is 1.69. The summed E-state index contributed by atoms with van der Waals surface area (Å²) >= 11 is 0. The lowest BCUT2D eigenvalue weighted by Crippen LogP contribution is -2.45. The highest BCUT2D eigenvalue weighted by Crippen LogP contribution is 2.34. The van der Waals surface area contributed by atoms with Gasteiger partial charge in [-0.2, -0.15) is 0 Å². The number of nitrogens with zero attached hydrogens (tertiary/aromatic N) is 1. The fraction of sp³-hybridized carbons (Fsp3) is 0.647. The molecule has 0 saturated carbocycles. The summed E-state index contributed by atoms with van der Waals surface area (Å²) in [4.78, 5) is 2.58. The number of halogens is 2. The van der Waals surface area contributed by atoms with E-state index < -0.39 is 0 Å². The van der Waals surface area contributed by atoms with Crippen LogP contribution in [-0.4, -0.2) is 44.8 Å². The lowest BCUT2D eigenvalue weighted by atomic mass is 9.99. The maximum absolute atomic E-state index is 5.73. The highest BCUT2D eigenvalue weighted by Gasteiger charge is 2.22. The van der Waals surface area contributed by atoms with Crippen molar-refractivity contribution in [2.75, 3.05) is 39.9 Å². The largest absolute Gasteiger partial charge is 0.493 e. The molecule has 1 N–H and O–H groups in total. The average Bonchev–Trinajstić information content (AvgIpc) is 2.54. The quantitative estimate of drug-likeness (QED) is 0.799. The molecule has 0 aromatic heterocycles. The summed E-state index contributed by atoms with van der Waals surface area (Å²) in [6, 6.07) is 6.85. The maximum atomic E-state index is 5.73. The topological polar surface area (TPSA) is 33.7 Å². The van der Waals surface area contributed by atoms with Gasteiger partial charge in [-0.15, -0.1) is 24.8 Å². The van der Waals surface area contributed by atoms with Crippen LogP contribution >= 0.6 is 24.8 Å². The van der Waals surface area contributed by atoms with Crippen molar-refractivity contribution in [3.8, 4) is 11.5 Å². The predicted molar refractivity (Wildman–Crippen MR) is 101 cm³/mol. The lowest BCUT2D eigenvalue weighted by Gasteiger charge is -2.35. The van der Waals surface area contributed by atoms with Crippen molar-refractivity contribution in [1.82, 2.24) is 10.2 Å². The van der Waals surface area contributed by atoms with E-state index in [0.29, 0.717) is 12.6 Å². The molecule has 6 heteroatoms. The molecule has 1 atom stereocenters. The molecule has 0 amide bonds. The van der Waals surface area contributed by atoms with Crippen LogP contribution in [-0.2, 0) is 0 Å². The Morgan fingerprint density at radius 3 is 2.39 bits per heavy atom. The van der Waals surface area contributed by atoms with Crippen LogP contribution in [0.5, 0.6) is 11.5 Å². The van der Waals surface area contributed by atoms with Crippen LogP contribution in [0.2, 0.25) is 0 Å². The van der Waals surface area contributed by atoms with Gasteiger partial charge in [0.05, 0.1) is 13.7 Å². The van der Waals surface area contributed by atoms with E-state index in [1.165, 1.54) is 18.4 Å². The Hall–Kier alpha value is -0.680. The first-order chi connectivity index (χ1) is 10.3. The van der Waals surface area contributed by atoms with Gasteiger partial charge in [0.25, 0.3) is 0 Å². The molecule has 1 heterocycles. The number of piperazine rings is 1. The van der Waals surface area contributed by atoms with Gasteiger partial charge in [0.1, 0.15) is 0 Å². The second-order valence-electron chi connectivity index (χ2n) is 5.43. The minimum absolute atomic E-state index is 0. The van der Waals surface area contributed by atoms with Gasteiger partial charge >= 0.3 is 0 Å². The molecular formula is C17H30Cl2N2O2. The van der Waals surface area contributed by atoms with Crippen molar-refractivity contribution in [3.05, 3.63) is 23.8 Å². The van der Waals surface area contributed by atoms with Crippen LogP contribution in [0.25, 0.3) is 0 Å². The first kappa shape index (κ1) is 22.3. The number of hydrogen-bond acceptors (Lipinski definition) is 4. The second kappa shape index (κ2) is 11.8. The summed E-state index contributed by atoms with van der Waals surface area (Å²) in [6.07, 6.45) is 2.36. The van der Waals surface area contributed by atoms with Crippen LogP contribution in [0.3, 0.4) is 0 Å². The Kier molecular flexibility index (Phi) is 11.4. The Labute approximate surface area is 152 Å². The third-order valence-corrected chi connectivity index (χ3v) is 4.03. The molecule has 4 nitrogen and oxygen atoms in total. The molecule has 1 aromatic carbocycles. The molecule has 1 aliphatic rings. The molecular weight excluding hydrogens is 335 g/mol. The molecule has 1 aromatic rings. The van der Waals surface area contributed by atoms with Crippen LogP contribution < -0.4 is 14.8 Å². The van der Waals surface area contributed by atoms with E-state index in [-0.39, 0.29) is 24.8 Å². The Morgan fingerprint density at radius 2 is 1.83 bits per heavy atom. The second-order valence-corrected chi connectivity index (χ2v) is 5.43. The van der Waals surface area contributed by atoms with Crippen molar-refractivity contribution in [3.63, 3.8) is 0 Å². The van der Waals surface area contributed by atoms with E-state index >= 15 is 0 Å². The van der Waals surface area contributed by atoms with Gasteiger partial charge in [0.2, 0.25) is 0 Å². The average molecular weight is 365 g/mol. The van der Waals surface area contributed by atoms with Gasteiger partial charge < -0.3 is 14.8 Å². The van der Waals surface area contributed by atoms with E-state index in [9.17, 15) is 0 Å². The van der Waals surface area contributed by atoms with Crippen molar-refractivity contribution in [2.45, 2.75) is 32.7 Å². The Morgan fingerprint density at radius 1 is 1.13 bits per heavy atom. The van der Waals surface area contributed by atoms with Gasteiger partial charge in [0.15, 0.2) is 11.5 Å². The minimum atomic E-state index is 0. The zero-order chi connectivity index (χ0) is 15.1. The molecule has 1 fully saturated rings. The summed E-state index contributed by atoms with van der Waals surface area (Å²) in [5, 5.41) is 3.43. The van der Waals surface area contributed by atoms with Gasteiger partial charge in [-0.05, 0) is 31.0 Å². The number of nitrogens with one attached hydrogen (secondary N) is 1. The molecule has 0 radical (unpaired) electrons. The molecule has 0 aliphatic carbocycles. The summed E-state index contributed by atoms with van der Waals surface area (Å²) in [6.45, 7) is 9.30. The first-order valence-electron chi connectivity index (χ1n) is 8.05. The summed E-state index contributed by atoms with van der Waals surface area (Å²) in [5.74, 6) is 1.67. The molecule has 2 rings (SSSR count). The minimum Gasteiger partial charge on any atom is -0.493 e. The van der Waals surface area contributed by atoms with E-state index in [0.717, 1.165) is 37.7 Å². The van der Waals surface area contributed by atoms with E-state index in [1.54, 1.807) is 7.11 Å². The number of rotatable bonds is 7. The van der Waals surface area contributed by atoms with E-state index in [2.05, 4.69) is 29.3 Å². The van der Waals surface area contributed by atoms with E-state index in [4.69, 9.17) is 9.47 Å². The SMILES string of the molecule is CCC[C@@H](c1ccc(OC)c(OCC)c1)N1CCNCC1.Cl.Cl. The van der Waals surface area contributed by atoms with Gasteiger partial charge in [-0.25, -0.2) is 0 Å². The van der Waals surface area contributed by atoms with Gasteiger partial charge in [0, 0.05) is 32.2 Å². The van der Waals surface area contributed by atoms with Crippen molar-refractivity contribution in [1.29, 1.82) is 0 Å². The lowest BCUT2D eigenvalue weighted by molar-refractivity contribution is 0.164. The van der Waals surface area contributed by atoms with Crippen LogP contribution in [0.1, 0.15) is 38.3 Å². The zero-order valence-electron chi connectivity index (χ0n) is 14.3. The molecule has 0 spiro atoms. The Balaban J connectivity index is 0.00000242. The highest BCUT2D eigenvalue weighted by molar-refractivity contribution is 5.85. The predicted octanol–water partition coefficient (Wildman–Crippen LogP) is 3.68. The molecule has 134 valence electrons. The fourth-order valence-corrected chi connectivity index (χ4v) is 3.00. The number of methoxy groups -OCH3 is 1. The molecule has 1 saturated heterocycles. The van der Waals surface area contributed by atoms with Crippen molar-refractivity contribution in [2.24, 2.45) is 0 Å². The Bertz CT molecular complexity index is 441. The van der Waals surface area contributed by atoms with Crippen LogP contribution in [0, 0.1) is 0 Å². The standard InChI is InChI=1S/C17H28N2O2.2ClH/c1-4-6-15(19-11-9-18-10-12-19)14-7-8-16(20-3)17(13-14)21-5-2;;/h7-8,13,15,18H,4-6,9-12H2,1-3H3;2*1H/t15-;;/m0../s1. The van der Waals surface area contributed by atoms with Crippen molar-refractivity contribution >= 4 is 24.8 Å². The molecule has 0 unspecified atom stereocenters. The van der Waals surface area contributed by atoms with Gasteiger partial charge in [-0.3, -0.25) is 4.90 Å². The van der Waals surface area contributed by atoms with E-state index in [1.807, 2.05) is 13.0 Å². The monoisotopic (exact) mass is 364 g/mol. The van der Waals surface area contributed by atoms with Crippen molar-refractivity contribution < 1.29 is 9.47 Å². The molecule has 1 aliphatic heterocycles. The molecule has 23 heavy (non-hydrogen) atoms. The van der Waals surface area contributed by atoms with Gasteiger partial charge in [-0.1, -0.05) is 19.4 Å². The smallest absolute Gasteiger partial charge is 0.161 e. The highest BCUT2D eigenvalue weighted by atomic mass is 35.5. The normalized spacial score (nSPS) is 16.0. The fourth-order valence-electron chi connectivity index (χ4n) is 3.00. The summed E-state index contributed by atoms with van der Waals surface area (Å²) in [5.41, 5.74) is 1.34. The third kappa shape index (κ3) is 6.03. The summed E-state index contributed by atoms with van der Waals surface area (Å²) < 4.78 is 11.1. The maximum Gasteiger partial charge on any atom is 0.161 e. The van der Waals surface area contributed by atoms with Crippen LogP contribution in [0.4, 0.5) is 0 Å². The first-order valence-corrected chi connectivity index (χ1v) is 8.05. The molecule has 0 bridgehead atoms. The third-order valence-electron chi connectivity index (χ3n) is 4.03. The zero-order valence-corrected chi connectivity index (χ0v) is 16.0. The number of benzene rings is 1.